The standard InChI is InChI=1S/C36H48N8O9S/c1-3-28(45)22-38-33(49)24-41-35(51)29(19-26-13-7-4-8-14-26)44-34(50)25-40-32(48)23-39-31(47)17-11-6-12-18-37-30(46)16-10-5-9-15-27-20-42-36(43-21-27)54(2,52)53/h3-4,7-8,13-14,20-21,28-29,45H,1,5-6,10-12,16-19,22-25H2,2H3,(H,37,46)(H,38,49)(H,39,47)(H,40,48)(H,41,51)(H,44,50)/t28-,29-/m0/s1. The number of rotatable bonds is 23. The Balaban J connectivity index is 1.59. The second-order valence-electron chi connectivity index (χ2n) is 12.0. The number of sulfone groups is 1. The number of benzene rings is 1. The van der Waals surface area contributed by atoms with Crippen molar-refractivity contribution in [1.29, 1.82) is 0 Å². The van der Waals surface area contributed by atoms with E-state index in [0.717, 1.165) is 11.8 Å². The van der Waals surface area contributed by atoms with Gasteiger partial charge in [-0.05, 0) is 24.8 Å². The predicted molar refractivity (Wildman–Crippen MR) is 198 cm³/mol. The highest BCUT2D eigenvalue weighted by Crippen LogP contribution is 2.05. The van der Waals surface area contributed by atoms with E-state index in [0.29, 0.717) is 44.2 Å². The molecular weight excluding hydrogens is 721 g/mol. The van der Waals surface area contributed by atoms with Crippen molar-refractivity contribution in [3.8, 4) is 11.8 Å². The molecule has 0 saturated heterocycles. The van der Waals surface area contributed by atoms with E-state index >= 15 is 0 Å². The van der Waals surface area contributed by atoms with Crippen LogP contribution in [0.25, 0.3) is 0 Å². The first kappa shape index (κ1) is 44.5. The van der Waals surface area contributed by atoms with Crippen LogP contribution in [0.15, 0.2) is 60.5 Å². The molecule has 7 N–H and O–H groups in total. The molecule has 2 aromatic rings. The Morgan fingerprint density at radius 1 is 0.796 bits per heavy atom. The molecule has 2 rings (SSSR count). The minimum atomic E-state index is -3.48. The van der Waals surface area contributed by atoms with Crippen molar-refractivity contribution < 1.29 is 42.3 Å². The Morgan fingerprint density at radius 3 is 2.09 bits per heavy atom. The average molecular weight is 769 g/mol. The fourth-order valence-electron chi connectivity index (χ4n) is 4.45. The van der Waals surface area contributed by atoms with Crippen LogP contribution in [0.4, 0.5) is 0 Å². The van der Waals surface area contributed by atoms with E-state index in [9.17, 15) is 42.3 Å². The highest BCUT2D eigenvalue weighted by atomic mass is 32.2. The molecule has 0 fully saturated rings. The van der Waals surface area contributed by atoms with Crippen molar-refractivity contribution in [3.63, 3.8) is 0 Å². The van der Waals surface area contributed by atoms with Crippen LogP contribution in [0.3, 0.4) is 0 Å². The van der Waals surface area contributed by atoms with Gasteiger partial charge in [0, 0.05) is 57.4 Å². The first-order valence-corrected chi connectivity index (χ1v) is 19.1. The van der Waals surface area contributed by atoms with E-state index in [2.05, 4.69) is 60.3 Å². The van der Waals surface area contributed by atoms with Gasteiger partial charge in [-0.25, -0.2) is 18.4 Å². The number of carbonyl (C=O) groups excluding carboxylic acids is 6. The first-order chi connectivity index (χ1) is 25.8. The predicted octanol–water partition coefficient (Wildman–Crippen LogP) is -1.18. The van der Waals surface area contributed by atoms with Crippen molar-refractivity contribution >= 4 is 45.3 Å². The number of aliphatic hydroxyl groups is 1. The quantitative estimate of drug-likeness (QED) is 0.0307. The third-order valence-corrected chi connectivity index (χ3v) is 8.21. The normalized spacial score (nSPS) is 11.7. The topological polar surface area (TPSA) is 255 Å². The fraction of sp³-hybridized carbons (Fsp3) is 0.444. The lowest BCUT2D eigenvalue weighted by Crippen LogP contribution is -2.52. The summed E-state index contributed by atoms with van der Waals surface area (Å²) in [6.45, 7) is 2.60. The van der Waals surface area contributed by atoms with Crippen molar-refractivity contribution in [1.82, 2.24) is 41.9 Å². The molecule has 292 valence electrons. The summed E-state index contributed by atoms with van der Waals surface area (Å²) in [6.07, 6.45) is 7.46. The maximum atomic E-state index is 12.9. The summed E-state index contributed by atoms with van der Waals surface area (Å²) >= 11 is 0. The number of nitrogens with one attached hydrogen (secondary N) is 6. The number of carbonyl (C=O) groups is 6. The molecule has 1 aromatic carbocycles. The molecule has 2 atom stereocenters. The molecule has 0 bridgehead atoms. The summed E-state index contributed by atoms with van der Waals surface area (Å²) in [6, 6.07) is 7.83. The van der Waals surface area contributed by atoms with Crippen molar-refractivity contribution in [2.24, 2.45) is 0 Å². The van der Waals surface area contributed by atoms with Crippen LogP contribution < -0.4 is 31.9 Å². The van der Waals surface area contributed by atoms with Crippen LogP contribution in [0.2, 0.25) is 0 Å². The number of hydrogen-bond donors (Lipinski definition) is 7. The molecule has 0 unspecified atom stereocenters. The molecule has 1 aromatic heterocycles. The van der Waals surface area contributed by atoms with E-state index in [1.165, 1.54) is 18.5 Å². The number of amides is 6. The largest absolute Gasteiger partial charge is 0.387 e. The minimum absolute atomic E-state index is 0.0699. The minimum Gasteiger partial charge on any atom is -0.387 e. The lowest BCUT2D eigenvalue weighted by Gasteiger charge is -2.19. The fourth-order valence-corrected chi connectivity index (χ4v) is 4.93. The smallest absolute Gasteiger partial charge is 0.246 e. The molecule has 0 saturated carbocycles. The molecule has 0 radical (unpaired) electrons. The maximum Gasteiger partial charge on any atom is 0.246 e. The first-order valence-electron chi connectivity index (χ1n) is 17.3. The zero-order valence-corrected chi connectivity index (χ0v) is 31.0. The van der Waals surface area contributed by atoms with Gasteiger partial charge in [0.2, 0.25) is 50.4 Å². The van der Waals surface area contributed by atoms with Gasteiger partial charge in [0.15, 0.2) is 0 Å². The molecule has 18 heteroatoms. The van der Waals surface area contributed by atoms with Crippen LogP contribution in [0.5, 0.6) is 0 Å². The SMILES string of the molecule is C=C[C@H](O)CNC(=O)CNC(=O)[C@H](Cc1ccccc1)NC(=O)CNC(=O)CNC(=O)CCCCCNC(=O)CCCC#Cc1cnc(S(C)(=O)=O)nc1. The van der Waals surface area contributed by atoms with Gasteiger partial charge in [0.25, 0.3) is 0 Å². The van der Waals surface area contributed by atoms with E-state index in [-0.39, 0.29) is 55.9 Å². The molecule has 0 aliphatic heterocycles. The number of nitrogens with zero attached hydrogens (tertiary/aromatic N) is 2. The van der Waals surface area contributed by atoms with Gasteiger partial charge >= 0.3 is 0 Å². The van der Waals surface area contributed by atoms with Crippen LogP contribution >= 0.6 is 0 Å². The summed E-state index contributed by atoms with van der Waals surface area (Å²) in [7, 11) is -3.48. The summed E-state index contributed by atoms with van der Waals surface area (Å²) in [4.78, 5) is 81.5. The van der Waals surface area contributed by atoms with Gasteiger partial charge < -0.3 is 37.0 Å². The Labute approximate surface area is 314 Å². The lowest BCUT2D eigenvalue weighted by molar-refractivity contribution is -0.131. The molecule has 0 spiro atoms. The van der Waals surface area contributed by atoms with E-state index in [1.807, 2.05) is 0 Å². The van der Waals surface area contributed by atoms with Crippen LogP contribution in [0.1, 0.15) is 56.1 Å². The summed E-state index contributed by atoms with van der Waals surface area (Å²) in [5.74, 6) is 2.83. The Kier molecular flexibility index (Phi) is 20.2. The van der Waals surface area contributed by atoms with Gasteiger partial charge in [0.1, 0.15) is 6.04 Å². The van der Waals surface area contributed by atoms with Crippen molar-refractivity contribution in [3.05, 3.63) is 66.5 Å². The second-order valence-corrected chi connectivity index (χ2v) is 13.9. The molecule has 0 aliphatic rings. The molecular formula is C36H48N8O9S. The highest BCUT2D eigenvalue weighted by molar-refractivity contribution is 7.90. The summed E-state index contributed by atoms with van der Waals surface area (Å²) in [5, 5.41) is 24.4. The Bertz CT molecular complexity index is 1740. The highest BCUT2D eigenvalue weighted by Gasteiger charge is 2.22. The number of aromatic nitrogens is 2. The van der Waals surface area contributed by atoms with E-state index in [1.54, 1.807) is 30.3 Å². The van der Waals surface area contributed by atoms with Crippen LogP contribution in [0, 0.1) is 11.8 Å². The van der Waals surface area contributed by atoms with Gasteiger partial charge in [-0.15, -0.1) is 6.58 Å². The van der Waals surface area contributed by atoms with E-state index in [4.69, 9.17) is 0 Å². The van der Waals surface area contributed by atoms with Gasteiger partial charge in [0.05, 0.1) is 31.3 Å². The lowest BCUT2D eigenvalue weighted by atomic mass is 10.1. The van der Waals surface area contributed by atoms with Crippen LogP contribution in [-0.4, -0.2) is 110 Å². The Morgan fingerprint density at radius 2 is 1.41 bits per heavy atom. The molecule has 54 heavy (non-hydrogen) atoms. The Hall–Kier alpha value is -5.67. The molecule has 0 aliphatic carbocycles. The number of unbranched alkanes of at least 4 members (excludes halogenated alkanes) is 3. The van der Waals surface area contributed by atoms with Crippen LogP contribution in [-0.2, 0) is 45.0 Å². The average Bonchev–Trinajstić information content (AvgIpc) is 3.15. The summed E-state index contributed by atoms with van der Waals surface area (Å²) in [5.41, 5.74) is 1.22. The van der Waals surface area contributed by atoms with E-state index < -0.39 is 52.2 Å². The summed E-state index contributed by atoms with van der Waals surface area (Å²) < 4.78 is 22.8. The number of hydrogen-bond acceptors (Lipinski definition) is 11. The third kappa shape index (κ3) is 19.8. The van der Waals surface area contributed by atoms with Gasteiger partial charge in [-0.1, -0.05) is 54.7 Å². The van der Waals surface area contributed by atoms with Gasteiger partial charge in [-0.3, -0.25) is 28.8 Å². The molecule has 6 amide bonds. The zero-order chi connectivity index (χ0) is 39.8. The monoisotopic (exact) mass is 768 g/mol. The molecule has 1 heterocycles. The maximum absolute atomic E-state index is 12.9. The van der Waals surface area contributed by atoms with Gasteiger partial charge in [-0.2, -0.15) is 0 Å². The third-order valence-electron chi connectivity index (χ3n) is 7.33. The zero-order valence-electron chi connectivity index (χ0n) is 30.2. The number of aliphatic hydroxyl groups excluding tert-OH is 1. The molecule has 17 nitrogen and oxygen atoms in total. The van der Waals surface area contributed by atoms with Crippen molar-refractivity contribution in [2.75, 3.05) is 39.0 Å². The second kappa shape index (κ2) is 24.5. The van der Waals surface area contributed by atoms with Crippen molar-refractivity contribution in [2.45, 2.75) is 68.7 Å².